The van der Waals surface area contributed by atoms with Gasteiger partial charge in [0.2, 0.25) is 10.0 Å². The van der Waals surface area contributed by atoms with E-state index in [1.165, 1.54) is 22.5 Å². The highest BCUT2D eigenvalue weighted by molar-refractivity contribution is 7.88. The first kappa shape index (κ1) is 14.0. The summed E-state index contributed by atoms with van der Waals surface area (Å²) in [6.45, 7) is 0.420. The Morgan fingerprint density at radius 2 is 2.16 bits per heavy atom. The minimum absolute atomic E-state index is 0.0640. The van der Waals surface area contributed by atoms with Gasteiger partial charge in [-0.1, -0.05) is 12.1 Å². The molecule has 1 aromatic carbocycles. The number of carboxylic acid groups (broad SMARTS) is 1. The summed E-state index contributed by atoms with van der Waals surface area (Å²) in [5.74, 6) is -1.34. The predicted octanol–water partition coefficient (Wildman–Crippen LogP) is 0.281. The van der Waals surface area contributed by atoms with E-state index in [0.717, 1.165) is 0 Å². The molecule has 19 heavy (non-hydrogen) atoms. The maximum atomic E-state index is 12.1. The molecule has 1 aliphatic heterocycles. The molecule has 104 valence electrons. The second-order valence-corrected chi connectivity index (χ2v) is 6.53. The number of aliphatic hydroxyl groups excluding tert-OH is 1. The van der Waals surface area contributed by atoms with Crippen LogP contribution >= 0.6 is 0 Å². The quantitative estimate of drug-likeness (QED) is 0.828. The largest absolute Gasteiger partial charge is 0.478 e. The highest BCUT2D eigenvalue weighted by Gasteiger charge is 2.30. The fraction of sp³-hybridized carbons (Fsp3) is 0.417. The molecule has 1 heterocycles. The number of carbonyl (C=O) groups is 1. The van der Waals surface area contributed by atoms with Crippen LogP contribution in [0.3, 0.4) is 0 Å². The molecule has 1 saturated heterocycles. The molecule has 0 aliphatic carbocycles. The Labute approximate surface area is 111 Å². The lowest BCUT2D eigenvalue weighted by Gasteiger charge is -2.15. The van der Waals surface area contributed by atoms with Crippen LogP contribution in [0.4, 0.5) is 0 Å². The highest BCUT2D eigenvalue weighted by atomic mass is 32.2. The van der Waals surface area contributed by atoms with Gasteiger partial charge in [-0.25, -0.2) is 13.2 Å². The SMILES string of the molecule is O=C(O)c1cccc(CS(=O)(=O)N2CC[C@@H](O)C2)c1. The summed E-state index contributed by atoms with van der Waals surface area (Å²) in [7, 11) is -3.51. The Kier molecular flexibility index (Phi) is 3.88. The van der Waals surface area contributed by atoms with E-state index in [1.807, 2.05) is 0 Å². The highest BCUT2D eigenvalue weighted by Crippen LogP contribution is 2.18. The van der Waals surface area contributed by atoms with Crippen molar-refractivity contribution in [1.82, 2.24) is 4.31 Å². The average molecular weight is 285 g/mol. The van der Waals surface area contributed by atoms with Gasteiger partial charge in [-0.05, 0) is 24.1 Å². The van der Waals surface area contributed by atoms with Gasteiger partial charge in [0.25, 0.3) is 0 Å². The Hall–Kier alpha value is -1.44. The zero-order valence-electron chi connectivity index (χ0n) is 10.2. The molecule has 1 aliphatic rings. The minimum atomic E-state index is -3.51. The van der Waals surface area contributed by atoms with Gasteiger partial charge in [-0.2, -0.15) is 4.31 Å². The van der Waals surface area contributed by atoms with Gasteiger partial charge in [-0.3, -0.25) is 0 Å². The lowest BCUT2D eigenvalue weighted by Crippen LogP contribution is -2.30. The fourth-order valence-electron chi connectivity index (χ4n) is 2.06. The van der Waals surface area contributed by atoms with Crippen LogP contribution in [0, 0.1) is 0 Å². The third-order valence-electron chi connectivity index (χ3n) is 3.04. The van der Waals surface area contributed by atoms with Crippen molar-refractivity contribution in [2.45, 2.75) is 18.3 Å². The molecule has 0 bridgehead atoms. The second kappa shape index (κ2) is 5.28. The van der Waals surface area contributed by atoms with Crippen LogP contribution in [0.15, 0.2) is 24.3 Å². The summed E-state index contributed by atoms with van der Waals surface area (Å²) >= 11 is 0. The first-order valence-corrected chi connectivity index (χ1v) is 7.47. The lowest BCUT2D eigenvalue weighted by atomic mass is 10.1. The minimum Gasteiger partial charge on any atom is -0.478 e. The molecule has 2 rings (SSSR count). The third-order valence-corrected chi connectivity index (χ3v) is 4.86. The van der Waals surface area contributed by atoms with Gasteiger partial charge in [0.1, 0.15) is 0 Å². The topological polar surface area (TPSA) is 94.9 Å². The first-order valence-electron chi connectivity index (χ1n) is 5.86. The molecular weight excluding hydrogens is 270 g/mol. The van der Waals surface area contributed by atoms with Crippen molar-refractivity contribution in [3.8, 4) is 0 Å². The molecule has 0 amide bonds. The van der Waals surface area contributed by atoms with Crippen molar-refractivity contribution in [2.24, 2.45) is 0 Å². The standard InChI is InChI=1S/C12H15NO5S/c14-11-4-5-13(7-11)19(17,18)8-9-2-1-3-10(6-9)12(15)16/h1-3,6,11,14H,4-5,7-8H2,(H,15,16)/t11-/m1/s1. The van der Waals surface area contributed by atoms with Crippen molar-refractivity contribution in [2.75, 3.05) is 13.1 Å². The number of benzene rings is 1. The van der Waals surface area contributed by atoms with E-state index in [0.29, 0.717) is 18.5 Å². The number of hydrogen-bond acceptors (Lipinski definition) is 4. The zero-order chi connectivity index (χ0) is 14.0. The first-order chi connectivity index (χ1) is 8.88. The number of rotatable bonds is 4. The van der Waals surface area contributed by atoms with Gasteiger partial charge >= 0.3 is 5.97 Å². The lowest BCUT2D eigenvalue weighted by molar-refractivity contribution is 0.0696. The Bertz CT molecular complexity index is 584. The van der Waals surface area contributed by atoms with Gasteiger partial charge < -0.3 is 10.2 Å². The number of aliphatic hydroxyl groups is 1. The van der Waals surface area contributed by atoms with Gasteiger partial charge in [-0.15, -0.1) is 0 Å². The number of sulfonamides is 1. The number of β-amino-alcohol motifs (C(OH)–C–C–N with tert-alkyl or cyclic N) is 1. The summed E-state index contributed by atoms with van der Waals surface area (Å²) in [6.07, 6.45) is -0.172. The van der Waals surface area contributed by atoms with E-state index in [2.05, 4.69) is 0 Å². The number of hydrogen-bond donors (Lipinski definition) is 2. The smallest absolute Gasteiger partial charge is 0.335 e. The summed E-state index contributed by atoms with van der Waals surface area (Å²) in [5.41, 5.74) is 0.496. The van der Waals surface area contributed by atoms with Crippen LogP contribution < -0.4 is 0 Å². The Morgan fingerprint density at radius 1 is 1.42 bits per heavy atom. The number of aromatic carboxylic acids is 1. The van der Waals surface area contributed by atoms with E-state index in [-0.39, 0.29) is 17.9 Å². The Balaban J connectivity index is 2.16. The fourth-order valence-corrected chi connectivity index (χ4v) is 3.63. The summed E-state index contributed by atoms with van der Waals surface area (Å²) in [4.78, 5) is 10.8. The molecule has 1 aromatic rings. The summed E-state index contributed by atoms with van der Waals surface area (Å²) < 4.78 is 25.4. The van der Waals surface area contributed by atoms with Crippen molar-refractivity contribution in [3.05, 3.63) is 35.4 Å². The van der Waals surface area contributed by atoms with Crippen molar-refractivity contribution in [3.63, 3.8) is 0 Å². The van der Waals surface area contributed by atoms with Crippen molar-refractivity contribution < 1.29 is 23.4 Å². The maximum Gasteiger partial charge on any atom is 0.335 e. The number of nitrogens with zero attached hydrogens (tertiary/aromatic N) is 1. The zero-order valence-corrected chi connectivity index (χ0v) is 11.0. The van der Waals surface area contributed by atoms with E-state index in [4.69, 9.17) is 5.11 Å². The van der Waals surface area contributed by atoms with Gasteiger partial charge in [0.05, 0.1) is 17.4 Å². The second-order valence-electron chi connectivity index (χ2n) is 4.56. The van der Waals surface area contributed by atoms with Gasteiger partial charge in [0, 0.05) is 13.1 Å². The third kappa shape index (κ3) is 3.31. The molecule has 0 spiro atoms. The van der Waals surface area contributed by atoms with Crippen LogP contribution in [-0.2, 0) is 15.8 Å². The molecule has 0 saturated carbocycles. The summed E-state index contributed by atoms with van der Waals surface area (Å²) in [5, 5.41) is 18.2. The molecule has 1 atom stereocenters. The molecule has 2 N–H and O–H groups in total. The Morgan fingerprint density at radius 3 is 2.74 bits per heavy atom. The van der Waals surface area contributed by atoms with E-state index in [1.54, 1.807) is 6.07 Å². The van der Waals surface area contributed by atoms with Crippen molar-refractivity contribution in [1.29, 1.82) is 0 Å². The monoisotopic (exact) mass is 285 g/mol. The molecular formula is C12H15NO5S. The molecule has 0 aromatic heterocycles. The molecule has 7 heteroatoms. The van der Waals surface area contributed by atoms with Crippen LogP contribution in [-0.4, -0.2) is 48.1 Å². The van der Waals surface area contributed by atoms with Crippen LogP contribution in [0.25, 0.3) is 0 Å². The number of carboxylic acids is 1. The van der Waals surface area contributed by atoms with Crippen LogP contribution in [0.1, 0.15) is 22.3 Å². The van der Waals surface area contributed by atoms with E-state index in [9.17, 15) is 18.3 Å². The van der Waals surface area contributed by atoms with E-state index >= 15 is 0 Å². The summed E-state index contributed by atoms with van der Waals surface area (Å²) in [6, 6.07) is 5.87. The maximum absolute atomic E-state index is 12.1. The van der Waals surface area contributed by atoms with Gasteiger partial charge in [0.15, 0.2) is 0 Å². The van der Waals surface area contributed by atoms with Crippen LogP contribution in [0.5, 0.6) is 0 Å². The molecule has 0 radical (unpaired) electrons. The molecule has 6 nitrogen and oxygen atoms in total. The van der Waals surface area contributed by atoms with Crippen LogP contribution in [0.2, 0.25) is 0 Å². The van der Waals surface area contributed by atoms with Crippen molar-refractivity contribution >= 4 is 16.0 Å². The average Bonchev–Trinajstić information content (AvgIpc) is 2.76. The predicted molar refractivity (Wildman–Crippen MR) is 68.2 cm³/mol. The molecule has 1 fully saturated rings. The normalized spacial score (nSPS) is 20.6. The molecule has 0 unspecified atom stereocenters. The van der Waals surface area contributed by atoms with E-state index < -0.39 is 22.1 Å².